The van der Waals surface area contributed by atoms with Gasteiger partial charge in [-0.15, -0.1) is 0 Å². The first-order valence-electron chi connectivity index (χ1n) is 5.60. The molecule has 1 aliphatic heterocycles. The molecule has 15 heavy (non-hydrogen) atoms. The van der Waals surface area contributed by atoms with Crippen LogP contribution in [0.5, 0.6) is 0 Å². The Hall–Kier alpha value is -0.870. The molecule has 0 bridgehead atoms. The van der Waals surface area contributed by atoms with Crippen molar-refractivity contribution in [1.29, 1.82) is 0 Å². The van der Waals surface area contributed by atoms with E-state index in [1.165, 1.54) is 18.5 Å². The highest BCUT2D eigenvalue weighted by Gasteiger charge is 2.31. The fourth-order valence-corrected chi connectivity index (χ4v) is 2.63. The Balaban J connectivity index is 2.27. The molecule has 1 aromatic rings. The Kier molecular flexibility index (Phi) is 3.07. The maximum atomic E-state index is 5.86. The standard InChI is InChI=1S/C11H20N4/c1-14-5-3-4-9(6-12)11(14)10-7-13-8-15(10)2/h7-9,11H,3-6,12H2,1-2H3/t9-,11-/m1/s1. The molecule has 0 amide bonds. The van der Waals surface area contributed by atoms with Gasteiger partial charge in [-0.2, -0.15) is 0 Å². The molecular weight excluding hydrogens is 188 g/mol. The summed E-state index contributed by atoms with van der Waals surface area (Å²) < 4.78 is 2.11. The molecule has 1 fully saturated rings. The van der Waals surface area contributed by atoms with E-state index in [0.717, 1.165) is 13.1 Å². The van der Waals surface area contributed by atoms with E-state index in [2.05, 4.69) is 28.5 Å². The number of likely N-dealkylation sites (tertiary alicyclic amines) is 1. The summed E-state index contributed by atoms with van der Waals surface area (Å²) in [7, 11) is 4.23. The normalized spacial score (nSPS) is 28.2. The molecule has 4 heteroatoms. The lowest BCUT2D eigenvalue weighted by molar-refractivity contribution is 0.119. The molecule has 2 N–H and O–H groups in total. The Morgan fingerprint density at radius 1 is 1.53 bits per heavy atom. The number of rotatable bonds is 2. The fourth-order valence-electron chi connectivity index (χ4n) is 2.63. The van der Waals surface area contributed by atoms with Crippen molar-refractivity contribution < 1.29 is 0 Å². The summed E-state index contributed by atoms with van der Waals surface area (Å²) in [4.78, 5) is 6.60. The number of hydrogen-bond donors (Lipinski definition) is 1. The first kappa shape index (κ1) is 10.6. The number of hydrogen-bond acceptors (Lipinski definition) is 3. The topological polar surface area (TPSA) is 47.1 Å². The van der Waals surface area contributed by atoms with Gasteiger partial charge in [0.25, 0.3) is 0 Å². The first-order chi connectivity index (χ1) is 7.24. The predicted molar refractivity (Wildman–Crippen MR) is 60.4 cm³/mol. The average Bonchev–Trinajstić information content (AvgIpc) is 2.64. The fraction of sp³-hybridized carbons (Fsp3) is 0.727. The molecule has 0 unspecified atom stereocenters. The van der Waals surface area contributed by atoms with Gasteiger partial charge >= 0.3 is 0 Å². The van der Waals surface area contributed by atoms with Gasteiger partial charge in [0.05, 0.1) is 18.1 Å². The minimum absolute atomic E-state index is 0.441. The maximum absolute atomic E-state index is 5.86. The highest BCUT2D eigenvalue weighted by molar-refractivity contribution is 5.08. The van der Waals surface area contributed by atoms with Crippen molar-refractivity contribution in [2.24, 2.45) is 18.7 Å². The second-order valence-electron chi connectivity index (χ2n) is 4.49. The lowest BCUT2D eigenvalue weighted by Gasteiger charge is -2.38. The van der Waals surface area contributed by atoms with E-state index in [-0.39, 0.29) is 0 Å². The molecule has 1 saturated heterocycles. The third-order valence-corrected chi connectivity index (χ3v) is 3.47. The summed E-state index contributed by atoms with van der Waals surface area (Å²) in [5, 5.41) is 0. The van der Waals surface area contributed by atoms with Gasteiger partial charge in [-0.25, -0.2) is 4.98 Å². The molecule has 0 aromatic carbocycles. The summed E-state index contributed by atoms with van der Waals surface area (Å²) in [6.45, 7) is 1.92. The van der Waals surface area contributed by atoms with E-state index in [1.54, 1.807) is 0 Å². The maximum Gasteiger partial charge on any atom is 0.0946 e. The van der Waals surface area contributed by atoms with Gasteiger partial charge in [0.1, 0.15) is 0 Å². The van der Waals surface area contributed by atoms with Gasteiger partial charge in [-0.3, -0.25) is 4.90 Å². The van der Waals surface area contributed by atoms with Crippen molar-refractivity contribution in [2.45, 2.75) is 18.9 Å². The van der Waals surface area contributed by atoms with Crippen LogP contribution in [0.25, 0.3) is 0 Å². The van der Waals surface area contributed by atoms with Crippen LogP contribution in [0.1, 0.15) is 24.6 Å². The van der Waals surface area contributed by atoms with E-state index >= 15 is 0 Å². The summed E-state index contributed by atoms with van der Waals surface area (Å²) in [5.41, 5.74) is 7.14. The zero-order valence-electron chi connectivity index (χ0n) is 9.56. The van der Waals surface area contributed by atoms with Crippen LogP contribution in [0, 0.1) is 5.92 Å². The zero-order chi connectivity index (χ0) is 10.8. The van der Waals surface area contributed by atoms with Gasteiger partial charge in [-0.1, -0.05) is 0 Å². The van der Waals surface area contributed by atoms with Crippen molar-refractivity contribution in [3.63, 3.8) is 0 Å². The largest absolute Gasteiger partial charge is 0.336 e. The van der Waals surface area contributed by atoms with Crippen molar-refractivity contribution in [1.82, 2.24) is 14.5 Å². The Morgan fingerprint density at radius 3 is 2.93 bits per heavy atom. The number of nitrogens with zero attached hydrogens (tertiary/aromatic N) is 3. The number of aromatic nitrogens is 2. The van der Waals surface area contributed by atoms with Crippen molar-refractivity contribution >= 4 is 0 Å². The van der Waals surface area contributed by atoms with E-state index in [0.29, 0.717) is 12.0 Å². The zero-order valence-corrected chi connectivity index (χ0v) is 9.56. The number of nitrogens with two attached hydrogens (primary N) is 1. The van der Waals surface area contributed by atoms with Crippen molar-refractivity contribution in [3.05, 3.63) is 18.2 Å². The summed E-state index contributed by atoms with van der Waals surface area (Å²) >= 11 is 0. The number of imidazole rings is 1. The Morgan fingerprint density at radius 2 is 2.33 bits per heavy atom. The molecule has 0 spiro atoms. The smallest absolute Gasteiger partial charge is 0.0946 e. The molecule has 2 atom stereocenters. The molecule has 0 aliphatic carbocycles. The van der Waals surface area contributed by atoms with Gasteiger partial charge in [0.15, 0.2) is 0 Å². The van der Waals surface area contributed by atoms with Crippen molar-refractivity contribution in [3.8, 4) is 0 Å². The van der Waals surface area contributed by atoms with Gasteiger partial charge in [0, 0.05) is 13.2 Å². The van der Waals surface area contributed by atoms with Crippen LogP contribution < -0.4 is 5.73 Å². The molecule has 0 radical (unpaired) electrons. The minimum Gasteiger partial charge on any atom is -0.336 e. The van der Waals surface area contributed by atoms with E-state index < -0.39 is 0 Å². The lowest BCUT2D eigenvalue weighted by Crippen LogP contribution is -2.40. The Labute approximate surface area is 91.1 Å². The molecule has 4 nitrogen and oxygen atoms in total. The summed E-state index contributed by atoms with van der Waals surface area (Å²) in [5.74, 6) is 0.569. The highest BCUT2D eigenvalue weighted by atomic mass is 15.2. The molecular formula is C11H20N4. The molecule has 2 heterocycles. The number of piperidine rings is 1. The van der Waals surface area contributed by atoms with Crippen LogP contribution in [0.4, 0.5) is 0 Å². The third kappa shape index (κ3) is 1.92. The SMILES string of the molecule is CN1CCC[C@H](CN)[C@@H]1c1cncn1C. The van der Waals surface area contributed by atoms with Crippen LogP contribution in [-0.4, -0.2) is 34.6 Å². The van der Waals surface area contributed by atoms with Crippen molar-refractivity contribution in [2.75, 3.05) is 20.1 Å². The summed E-state index contributed by atoms with van der Waals surface area (Å²) in [6.07, 6.45) is 6.32. The lowest BCUT2D eigenvalue weighted by atomic mass is 9.87. The van der Waals surface area contributed by atoms with Crippen LogP contribution >= 0.6 is 0 Å². The van der Waals surface area contributed by atoms with Crippen LogP contribution in [0.15, 0.2) is 12.5 Å². The quantitative estimate of drug-likeness (QED) is 0.780. The van der Waals surface area contributed by atoms with E-state index in [9.17, 15) is 0 Å². The molecule has 0 saturated carbocycles. The summed E-state index contributed by atoms with van der Waals surface area (Å²) in [6, 6.07) is 0.441. The van der Waals surface area contributed by atoms with Crippen LogP contribution in [0.3, 0.4) is 0 Å². The molecule has 2 rings (SSSR count). The van der Waals surface area contributed by atoms with Gasteiger partial charge in [0.2, 0.25) is 0 Å². The minimum atomic E-state index is 0.441. The van der Waals surface area contributed by atoms with Gasteiger partial charge in [-0.05, 0) is 38.9 Å². The average molecular weight is 208 g/mol. The predicted octanol–water partition coefficient (Wildman–Crippen LogP) is 0.762. The van der Waals surface area contributed by atoms with Crippen LogP contribution in [0.2, 0.25) is 0 Å². The molecule has 1 aliphatic rings. The highest BCUT2D eigenvalue weighted by Crippen LogP contribution is 2.33. The number of aryl methyl sites for hydroxylation is 1. The molecule has 1 aromatic heterocycles. The molecule has 84 valence electrons. The third-order valence-electron chi connectivity index (χ3n) is 3.47. The van der Waals surface area contributed by atoms with E-state index in [1.807, 2.05) is 12.5 Å². The first-order valence-corrected chi connectivity index (χ1v) is 5.60. The second-order valence-corrected chi connectivity index (χ2v) is 4.49. The van der Waals surface area contributed by atoms with Gasteiger partial charge < -0.3 is 10.3 Å². The van der Waals surface area contributed by atoms with Crippen LogP contribution in [-0.2, 0) is 7.05 Å². The monoisotopic (exact) mass is 208 g/mol. The Bertz CT molecular complexity index is 320. The second kappa shape index (κ2) is 4.33. The van der Waals surface area contributed by atoms with E-state index in [4.69, 9.17) is 5.73 Å².